The first-order valence-corrected chi connectivity index (χ1v) is 20.7. The minimum absolute atomic E-state index is 0.0435. The zero-order valence-corrected chi connectivity index (χ0v) is 34.3. The van der Waals surface area contributed by atoms with E-state index in [1.807, 2.05) is 39.1 Å². The Hall–Kier alpha value is -2.99. The molecule has 1 spiro atoms. The molecule has 4 aliphatic rings. The Balaban J connectivity index is 1.43. The number of aldehydes is 1. The van der Waals surface area contributed by atoms with Crippen LogP contribution in [0.25, 0.3) is 0 Å². The van der Waals surface area contributed by atoms with Gasteiger partial charge in [0.2, 0.25) is 0 Å². The van der Waals surface area contributed by atoms with Gasteiger partial charge >= 0.3 is 0 Å². The molecule has 5 rings (SSSR count). The van der Waals surface area contributed by atoms with Crippen molar-refractivity contribution >= 4 is 6.29 Å². The van der Waals surface area contributed by atoms with Crippen LogP contribution in [0.5, 0.6) is 0 Å². The molecule has 7 N–H and O–H groups in total. The quantitative estimate of drug-likeness (QED) is 0.0580. The zero-order valence-electron chi connectivity index (χ0n) is 34.3. The first-order chi connectivity index (χ1) is 26.8. The van der Waals surface area contributed by atoms with Gasteiger partial charge in [-0.2, -0.15) is 0 Å². The van der Waals surface area contributed by atoms with Crippen LogP contribution in [-0.4, -0.2) is 95.8 Å². The number of aliphatic hydroxyl groups is 5. The Labute approximate surface area is 335 Å². The second-order valence-electron chi connectivity index (χ2n) is 17.4. The van der Waals surface area contributed by atoms with Crippen LogP contribution in [-0.2, 0) is 22.4 Å². The molecule has 9 nitrogen and oxygen atoms in total. The summed E-state index contributed by atoms with van der Waals surface area (Å²) < 4.78 is 5.40. The SMILES string of the molecule is C=C(C=CC=C(CO)[C@H]1CC[C@]2([C@@H]1O)[C@H]1C(=C(C)C=O)[C@@H](C=C[C@H]1CCO)C[C@]2(O)CCNC)[C@H]1CC=C(C)[C@@H](O)N[C@@](C)(CCOC)Cc2cccc(c2)C1. The molecule has 0 amide bonds. The number of aliphatic hydroxyl groups excluding tert-OH is 4. The van der Waals surface area contributed by atoms with Crippen molar-refractivity contribution < 1.29 is 35.1 Å². The fraction of sp³-hybridized carbons (Fsp3) is 0.596. The second kappa shape index (κ2) is 19.2. The van der Waals surface area contributed by atoms with Gasteiger partial charge in [-0.15, -0.1) is 0 Å². The van der Waals surface area contributed by atoms with Crippen molar-refractivity contribution in [1.29, 1.82) is 0 Å². The number of allylic oxidation sites excluding steroid dienone is 9. The van der Waals surface area contributed by atoms with Gasteiger partial charge < -0.3 is 35.6 Å². The fourth-order valence-electron chi connectivity index (χ4n) is 10.7. The number of hydrogen-bond donors (Lipinski definition) is 7. The van der Waals surface area contributed by atoms with E-state index in [9.17, 15) is 30.3 Å². The van der Waals surface area contributed by atoms with E-state index in [1.54, 1.807) is 7.11 Å². The van der Waals surface area contributed by atoms with Crippen LogP contribution in [0.3, 0.4) is 0 Å². The van der Waals surface area contributed by atoms with Crippen LogP contribution in [0.4, 0.5) is 0 Å². The Kier molecular flexibility index (Phi) is 15.1. The summed E-state index contributed by atoms with van der Waals surface area (Å²) in [6, 6.07) is 8.63. The van der Waals surface area contributed by atoms with Crippen molar-refractivity contribution in [3.63, 3.8) is 0 Å². The first kappa shape index (κ1) is 44.1. The van der Waals surface area contributed by atoms with Crippen LogP contribution in [0.15, 0.2) is 95.2 Å². The number of ether oxygens (including phenoxy) is 1. The van der Waals surface area contributed by atoms with E-state index >= 15 is 0 Å². The Morgan fingerprint density at radius 1 is 1.16 bits per heavy atom. The first-order valence-electron chi connectivity index (χ1n) is 20.7. The third-order valence-electron chi connectivity index (χ3n) is 13.8. The van der Waals surface area contributed by atoms with Crippen molar-refractivity contribution in [2.45, 2.75) is 102 Å². The third kappa shape index (κ3) is 9.16. The van der Waals surface area contributed by atoms with Gasteiger partial charge in [-0.05, 0) is 138 Å². The number of benzene rings is 1. The minimum atomic E-state index is -1.24. The molecule has 0 saturated heterocycles. The van der Waals surface area contributed by atoms with Crippen LogP contribution in [0, 0.1) is 35.0 Å². The maximum atomic E-state index is 12.8. The van der Waals surface area contributed by atoms with Crippen molar-refractivity contribution in [2.75, 3.05) is 40.5 Å². The highest BCUT2D eigenvalue weighted by Crippen LogP contribution is 2.67. The number of nitrogens with one attached hydrogen (secondary N) is 2. The van der Waals surface area contributed by atoms with Gasteiger partial charge in [-0.25, -0.2) is 0 Å². The summed E-state index contributed by atoms with van der Waals surface area (Å²) in [5.74, 6) is -0.960. The molecule has 4 bridgehead atoms. The average molecular weight is 773 g/mol. The highest BCUT2D eigenvalue weighted by molar-refractivity contribution is 5.74. The molecule has 2 saturated carbocycles. The van der Waals surface area contributed by atoms with Crippen LogP contribution >= 0.6 is 0 Å². The number of rotatable bonds is 14. The van der Waals surface area contributed by atoms with E-state index in [1.165, 1.54) is 11.1 Å². The average Bonchev–Trinajstić information content (AvgIpc) is 3.52. The highest BCUT2D eigenvalue weighted by Gasteiger charge is 2.68. The van der Waals surface area contributed by atoms with Gasteiger partial charge in [-0.1, -0.05) is 78.4 Å². The van der Waals surface area contributed by atoms with Gasteiger partial charge in [0.25, 0.3) is 0 Å². The summed E-state index contributed by atoms with van der Waals surface area (Å²) in [4.78, 5) is 12.3. The molecule has 3 aliphatic carbocycles. The minimum Gasteiger partial charge on any atom is -0.396 e. The summed E-state index contributed by atoms with van der Waals surface area (Å²) in [6.07, 6.45) is 16.5. The summed E-state index contributed by atoms with van der Waals surface area (Å²) >= 11 is 0. The predicted octanol–water partition coefficient (Wildman–Crippen LogP) is 5.29. The lowest BCUT2D eigenvalue weighted by atomic mass is 9.45. The standard InChI is InChI=1S/C47H68N2O7/c1-31(37-14-13-32(2)44(54)49-45(4,21-24-56-6)27-35-11-8-10-34(25-35)26-37)9-7-12-39(30-52)40-17-19-47(43(40)53)42-36(18-23-50)15-16-38(41(42)33(3)29-51)28-46(47,55)20-22-48-5/h7-13,15-16,25,29,36-38,40,42-44,48-50,52-55H,1,14,17-24,26-28,30H2,2-6H3/t36-,37-,38-,40+,42+,43+,44+,45-,46+,47+/m0/s1. The lowest BCUT2D eigenvalue weighted by Crippen LogP contribution is -2.65. The van der Waals surface area contributed by atoms with Crippen LogP contribution in [0.2, 0.25) is 0 Å². The van der Waals surface area contributed by atoms with Crippen molar-refractivity contribution in [3.8, 4) is 0 Å². The van der Waals surface area contributed by atoms with E-state index in [0.717, 1.165) is 42.3 Å². The maximum Gasteiger partial charge on any atom is 0.145 e. The molecule has 1 aliphatic heterocycles. The molecule has 1 heterocycles. The highest BCUT2D eigenvalue weighted by atomic mass is 16.5. The normalized spacial score (nSPS) is 35.9. The molecule has 9 heteroatoms. The van der Waals surface area contributed by atoms with E-state index in [0.29, 0.717) is 62.8 Å². The lowest BCUT2D eigenvalue weighted by molar-refractivity contribution is -0.194. The molecule has 10 atom stereocenters. The number of fused-ring (bicyclic) bond motifs is 5. The monoisotopic (exact) mass is 773 g/mol. The van der Waals surface area contributed by atoms with Crippen molar-refractivity contribution in [2.24, 2.45) is 35.0 Å². The summed E-state index contributed by atoms with van der Waals surface area (Å²) in [5.41, 5.74) is 3.88. The molecular weight excluding hydrogens is 705 g/mol. The molecule has 0 unspecified atom stereocenters. The molecule has 2 fully saturated rings. The summed E-state index contributed by atoms with van der Waals surface area (Å²) in [5, 5.41) is 64.2. The Morgan fingerprint density at radius 3 is 2.62 bits per heavy atom. The van der Waals surface area contributed by atoms with Crippen LogP contribution in [0.1, 0.15) is 76.8 Å². The van der Waals surface area contributed by atoms with E-state index in [-0.39, 0.29) is 42.4 Å². The topological polar surface area (TPSA) is 152 Å². The molecule has 1 aromatic carbocycles. The number of carbonyl (C=O) groups is 1. The summed E-state index contributed by atoms with van der Waals surface area (Å²) in [6.45, 7) is 11.2. The number of carbonyl (C=O) groups excluding carboxylic acids is 1. The maximum absolute atomic E-state index is 12.8. The van der Waals surface area contributed by atoms with Gasteiger partial charge in [0.05, 0.1) is 18.3 Å². The molecule has 0 aromatic heterocycles. The lowest BCUT2D eigenvalue weighted by Gasteiger charge is -2.61. The molecule has 1 aromatic rings. The number of methoxy groups -OCH3 is 1. The largest absolute Gasteiger partial charge is 0.396 e. The molecule has 308 valence electrons. The Morgan fingerprint density at radius 2 is 1.93 bits per heavy atom. The third-order valence-corrected chi connectivity index (χ3v) is 13.8. The van der Waals surface area contributed by atoms with E-state index in [4.69, 9.17) is 4.74 Å². The number of hydrogen-bond acceptors (Lipinski definition) is 9. The van der Waals surface area contributed by atoms with Crippen LogP contribution < -0.4 is 10.6 Å². The fourth-order valence-corrected chi connectivity index (χ4v) is 10.7. The smallest absolute Gasteiger partial charge is 0.145 e. The molecular formula is C47H68N2O7. The van der Waals surface area contributed by atoms with Crippen molar-refractivity contribution in [3.05, 3.63) is 106 Å². The van der Waals surface area contributed by atoms with Gasteiger partial charge in [0, 0.05) is 43.1 Å². The van der Waals surface area contributed by atoms with E-state index in [2.05, 4.69) is 66.6 Å². The Bertz CT molecular complexity index is 1700. The molecule has 0 radical (unpaired) electrons. The second-order valence-corrected chi connectivity index (χ2v) is 17.4. The summed E-state index contributed by atoms with van der Waals surface area (Å²) in [7, 11) is 3.55. The van der Waals surface area contributed by atoms with Gasteiger partial charge in [0.15, 0.2) is 0 Å². The van der Waals surface area contributed by atoms with Gasteiger partial charge in [-0.3, -0.25) is 10.1 Å². The van der Waals surface area contributed by atoms with Gasteiger partial charge in [0.1, 0.15) is 12.5 Å². The molecule has 56 heavy (non-hydrogen) atoms. The van der Waals surface area contributed by atoms with E-state index < -0.39 is 29.3 Å². The predicted molar refractivity (Wildman–Crippen MR) is 223 cm³/mol. The zero-order chi connectivity index (χ0) is 40.7. The van der Waals surface area contributed by atoms with Crippen molar-refractivity contribution in [1.82, 2.24) is 10.6 Å².